The van der Waals surface area contributed by atoms with Crippen LogP contribution in [0.1, 0.15) is 25.3 Å². The lowest BCUT2D eigenvalue weighted by Crippen LogP contribution is -2.08. The topological polar surface area (TPSA) is 44.5 Å². The maximum absolute atomic E-state index is 13.5. The Morgan fingerprint density at radius 2 is 2.11 bits per heavy atom. The monoisotopic (exact) mass is 265 g/mol. The van der Waals surface area contributed by atoms with Gasteiger partial charge in [0.05, 0.1) is 13.2 Å². The van der Waals surface area contributed by atoms with Gasteiger partial charge >= 0.3 is 0 Å². The first-order valence-corrected chi connectivity index (χ1v) is 6.47. The van der Waals surface area contributed by atoms with Gasteiger partial charge in [0.1, 0.15) is 6.61 Å². The number of unbranched alkanes of at least 4 members (excludes halogenated alkanes) is 1. The summed E-state index contributed by atoms with van der Waals surface area (Å²) < 4.78 is 24.2. The van der Waals surface area contributed by atoms with Gasteiger partial charge in [-0.15, -0.1) is 0 Å². The molecule has 104 valence electrons. The average molecular weight is 265 g/mol. The molecule has 0 fully saturated rings. The number of nitrogens with two attached hydrogens (primary N) is 1. The molecule has 0 saturated carbocycles. The molecule has 0 aliphatic heterocycles. The van der Waals surface area contributed by atoms with Crippen molar-refractivity contribution < 1.29 is 13.9 Å². The van der Waals surface area contributed by atoms with Gasteiger partial charge in [-0.05, 0) is 24.6 Å². The Bertz CT molecular complexity index is 438. The maximum atomic E-state index is 13.5. The van der Waals surface area contributed by atoms with Crippen LogP contribution in [0.4, 0.5) is 4.39 Å². The number of hydrogen-bond acceptors (Lipinski definition) is 3. The van der Waals surface area contributed by atoms with E-state index < -0.39 is 5.82 Å². The van der Waals surface area contributed by atoms with Crippen LogP contribution in [0.5, 0.6) is 5.75 Å². The van der Waals surface area contributed by atoms with Crippen molar-refractivity contribution in [2.24, 2.45) is 5.73 Å². The molecule has 0 spiro atoms. The van der Waals surface area contributed by atoms with Crippen molar-refractivity contribution in [3.63, 3.8) is 0 Å². The molecule has 3 nitrogen and oxygen atoms in total. The summed E-state index contributed by atoms with van der Waals surface area (Å²) in [6, 6.07) is 4.51. The molecule has 4 heteroatoms. The number of benzene rings is 1. The fourth-order valence-electron chi connectivity index (χ4n) is 1.40. The van der Waals surface area contributed by atoms with Crippen molar-refractivity contribution in [3.8, 4) is 17.6 Å². The maximum Gasteiger partial charge on any atom is 0.165 e. The normalized spacial score (nSPS) is 9.84. The van der Waals surface area contributed by atoms with Crippen molar-refractivity contribution in [2.75, 3.05) is 26.4 Å². The van der Waals surface area contributed by atoms with E-state index in [2.05, 4.69) is 18.8 Å². The van der Waals surface area contributed by atoms with Crippen molar-refractivity contribution >= 4 is 0 Å². The van der Waals surface area contributed by atoms with E-state index >= 15 is 0 Å². The third-order valence-corrected chi connectivity index (χ3v) is 2.39. The zero-order chi connectivity index (χ0) is 13.9. The summed E-state index contributed by atoms with van der Waals surface area (Å²) in [4.78, 5) is 0. The second-order valence-electron chi connectivity index (χ2n) is 3.97. The summed E-state index contributed by atoms with van der Waals surface area (Å²) in [5.41, 5.74) is 5.98. The van der Waals surface area contributed by atoms with Crippen LogP contribution in [-0.2, 0) is 4.74 Å². The van der Waals surface area contributed by atoms with E-state index in [1.54, 1.807) is 12.1 Å². The second-order valence-corrected chi connectivity index (χ2v) is 3.97. The molecule has 2 N–H and O–H groups in total. The Morgan fingerprint density at radius 3 is 2.84 bits per heavy atom. The van der Waals surface area contributed by atoms with Gasteiger partial charge in [-0.1, -0.05) is 25.2 Å². The zero-order valence-corrected chi connectivity index (χ0v) is 11.2. The quantitative estimate of drug-likeness (QED) is 0.608. The number of hydrogen-bond donors (Lipinski definition) is 1. The number of rotatable bonds is 7. The summed E-state index contributed by atoms with van der Waals surface area (Å²) >= 11 is 0. The molecule has 0 bridgehead atoms. The third-order valence-electron chi connectivity index (χ3n) is 2.39. The van der Waals surface area contributed by atoms with Crippen molar-refractivity contribution in [3.05, 3.63) is 29.6 Å². The molecule has 0 amide bonds. The lowest BCUT2D eigenvalue weighted by atomic mass is 10.2. The van der Waals surface area contributed by atoms with Crippen LogP contribution < -0.4 is 10.5 Å². The molecular formula is C15H20FNO2. The Balaban J connectivity index is 2.43. The Morgan fingerprint density at radius 1 is 1.26 bits per heavy atom. The predicted molar refractivity (Wildman–Crippen MR) is 73.6 cm³/mol. The molecule has 0 aliphatic rings. The highest BCUT2D eigenvalue weighted by Crippen LogP contribution is 2.18. The van der Waals surface area contributed by atoms with Crippen molar-refractivity contribution in [1.29, 1.82) is 0 Å². The molecule has 0 aliphatic carbocycles. The van der Waals surface area contributed by atoms with E-state index in [0.717, 1.165) is 12.8 Å². The van der Waals surface area contributed by atoms with Gasteiger partial charge < -0.3 is 15.2 Å². The second kappa shape index (κ2) is 9.37. The smallest absolute Gasteiger partial charge is 0.165 e. The van der Waals surface area contributed by atoms with E-state index in [0.29, 0.717) is 25.4 Å². The number of halogens is 1. The van der Waals surface area contributed by atoms with Gasteiger partial charge in [0, 0.05) is 12.2 Å². The summed E-state index contributed by atoms with van der Waals surface area (Å²) in [6.07, 6.45) is 2.12. The fourth-order valence-corrected chi connectivity index (χ4v) is 1.40. The molecule has 1 aromatic carbocycles. The fraction of sp³-hybridized carbons (Fsp3) is 0.467. The van der Waals surface area contributed by atoms with E-state index in [9.17, 15) is 4.39 Å². The van der Waals surface area contributed by atoms with Crippen LogP contribution in [0.3, 0.4) is 0 Å². The standard InChI is InChI=1S/C15H20FNO2/c1-2-3-9-18-10-11-19-15-12-13(5-4-8-17)6-7-14(15)16/h6-7,12H,2-3,8-11,17H2,1H3. The lowest BCUT2D eigenvalue weighted by molar-refractivity contribution is 0.0967. The van der Waals surface area contributed by atoms with Gasteiger partial charge in [-0.2, -0.15) is 0 Å². The largest absolute Gasteiger partial charge is 0.488 e. The first-order chi connectivity index (χ1) is 9.27. The highest BCUT2D eigenvalue weighted by Gasteiger charge is 2.03. The van der Waals surface area contributed by atoms with Crippen LogP contribution in [0.25, 0.3) is 0 Å². The molecule has 0 aromatic heterocycles. The molecule has 0 atom stereocenters. The number of ether oxygens (including phenoxy) is 2. The first kappa shape index (κ1) is 15.5. The highest BCUT2D eigenvalue weighted by atomic mass is 19.1. The van der Waals surface area contributed by atoms with E-state index in [4.69, 9.17) is 15.2 Å². The van der Waals surface area contributed by atoms with E-state index in [-0.39, 0.29) is 12.3 Å². The van der Waals surface area contributed by atoms with Crippen molar-refractivity contribution in [1.82, 2.24) is 0 Å². The van der Waals surface area contributed by atoms with Crippen LogP contribution in [0, 0.1) is 17.7 Å². The van der Waals surface area contributed by atoms with Gasteiger partial charge in [0.25, 0.3) is 0 Å². The van der Waals surface area contributed by atoms with Crippen LogP contribution >= 0.6 is 0 Å². The molecule has 0 unspecified atom stereocenters. The van der Waals surface area contributed by atoms with Gasteiger partial charge in [-0.3, -0.25) is 0 Å². The van der Waals surface area contributed by atoms with Crippen LogP contribution in [-0.4, -0.2) is 26.4 Å². The summed E-state index contributed by atoms with van der Waals surface area (Å²) in [6.45, 7) is 3.87. The minimum absolute atomic E-state index is 0.197. The Labute approximate surface area is 113 Å². The molecule has 1 aromatic rings. The third kappa shape index (κ3) is 6.23. The predicted octanol–water partition coefficient (Wildman–Crippen LogP) is 2.33. The molecule has 19 heavy (non-hydrogen) atoms. The summed E-state index contributed by atoms with van der Waals surface area (Å²) in [5, 5.41) is 0. The van der Waals surface area contributed by atoms with Gasteiger partial charge in [0.2, 0.25) is 0 Å². The van der Waals surface area contributed by atoms with Gasteiger partial charge in [0.15, 0.2) is 11.6 Å². The molecule has 0 heterocycles. The zero-order valence-electron chi connectivity index (χ0n) is 11.2. The summed E-state index contributed by atoms with van der Waals surface area (Å²) in [7, 11) is 0. The van der Waals surface area contributed by atoms with E-state index in [1.807, 2.05) is 0 Å². The Kier molecular flexibility index (Phi) is 7.64. The van der Waals surface area contributed by atoms with Gasteiger partial charge in [-0.25, -0.2) is 4.39 Å². The summed E-state index contributed by atoms with van der Waals surface area (Å²) in [5.74, 6) is 5.35. The molecular weight excluding hydrogens is 245 g/mol. The molecule has 0 saturated heterocycles. The minimum atomic E-state index is -0.396. The first-order valence-electron chi connectivity index (χ1n) is 6.47. The molecule has 0 radical (unpaired) electrons. The SMILES string of the molecule is CCCCOCCOc1cc(C#CCN)ccc1F. The Hall–Kier alpha value is -1.57. The minimum Gasteiger partial charge on any atom is -0.488 e. The van der Waals surface area contributed by atoms with Crippen LogP contribution in [0.2, 0.25) is 0 Å². The van der Waals surface area contributed by atoms with E-state index in [1.165, 1.54) is 6.07 Å². The van der Waals surface area contributed by atoms with Crippen LogP contribution in [0.15, 0.2) is 18.2 Å². The molecule has 1 rings (SSSR count). The average Bonchev–Trinajstić information content (AvgIpc) is 2.43. The van der Waals surface area contributed by atoms with Crippen molar-refractivity contribution in [2.45, 2.75) is 19.8 Å². The highest BCUT2D eigenvalue weighted by molar-refractivity contribution is 5.40. The lowest BCUT2D eigenvalue weighted by Gasteiger charge is -2.08.